The van der Waals surface area contributed by atoms with Crippen molar-refractivity contribution >= 4 is 17.5 Å². The second kappa shape index (κ2) is 7.53. The van der Waals surface area contributed by atoms with Gasteiger partial charge < -0.3 is 14.8 Å². The van der Waals surface area contributed by atoms with Gasteiger partial charge in [-0.1, -0.05) is 11.6 Å². The number of hydrogen-bond acceptors (Lipinski definition) is 5. The fourth-order valence-corrected chi connectivity index (χ4v) is 3.48. The van der Waals surface area contributed by atoms with E-state index in [9.17, 15) is 4.79 Å². The average Bonchev–Trinajstić information content (AvgIpc) is 3.10. The van der Waals surface area contributed by atoms with E-state index in [1.807, 2.05) is 0 Å². The zero-order valence-electron chi connectivity index (χ0n) is 14.4. The van der Waals surface area contributed by atoms with Gasteiger partial charge in [-0.3, -0.25) is 4.79 Å². The van der Waals surface area contributed by atoms with Gasteiger partial charge in [-0.05, 0) is 31.7 Å². The van der Waals surface area contributed by atoms with Crippen LogP contribution < -0.4 is 14.8 Å². The molecule has 0 aromatic carbocycles. The van der Waals surface area contributed by atoms with Gasteiger partial charge in [-0.15, -0.1) is 0 Å². The first-order chi connectivity index (χ1) is 12.7. The molecule has 1 aliphatic heterocycles. The summed E-state index contributed by atoms with van der Waals surface area (Å²) in [4.78, 5) is 16.6. The lowest BCUT2D eigenvalue weighted by Crippen LogP contribution is -2.40. The van der Waals surface area contributed by atoms with Crippen molar-refractivity contribution in [3.63, 3.8) is 0 Å². The molecule has 0 spiro atoms. The van der Waals surface area contributed by atoms with Gasteiger partial charge in [0.05, 0.1) is 11.6 Å². The molecule has 3 heterocycles. The van der Waals surface area contributed by atoms with Gasteiger partial charge in [-0.25, -0.2) is 9.67 Å². The van der Waals surface area contributed by atoms with Crippen LogP contribution >= 0.6 is 11.6 Å². The topological polar surface area (TPSA) is 78.3 Å². The molecule has 1 fully saturated rings. The number of amides is 1. The number of carbonyl (C=O) groups excluding carboxylic acids is 1. The zero-order valence-corrected chi connectivity index (χ0v) is 15.1. The maximum absolute atomic E-state index is 12.4. The lowest BCUT2D eigenvalue weighted by atomic mass is 9.93. The molecular weight excluding hydrogens is 356 g/mol. The van der Waals surface area contributed by atoms with Crippen molar-refractivity contribution in [1.82, 2.24) is 20.1 Å². The number of nitrogens with zero attached hydrogens (tertiary/aromatic N) is 3. The zero-order chi connectivity index (χ0) is 17.9. The number of aromatic nitrogens is 3. The molecule has 0 unspecified atom stereocenters. The van der Waals surface area contributed by atoms with Crippen molar-refractivity contribution in [1.29, 1.82) is 0 Å². The Balaban J connectivity index is 1.27. The molecule has 2 aromatic rings. The summed E-state index contributed by atoms with van der Waals surface area (Å²) in [5.41, 5.74) is 0.422. The van der Waals surface area contributed by atoms with Crippen LogP contribution in [0.15, 0.2) is 24.4 Å². The highest BCUT2D eigenvalue weighted by Gasteiger charge is 2.26. The van der Waals surface area contributed by atoms with Crippen molar-refractivity contribution in [2.45, 2.75) is 50.8 Å². The van der Waals surface area contributed by atoms with Crippen molar-refractivity contribution < 1.29 is 14.3 Å². The summed E-state index contributed by atoms with van der Waals surface area (Å²) in [6.07, 6.45) is 6.10. The SMILES string of the molecule is O=C(NC1CCC(Oc2ccc(Cl)cn2)CC1)c1cc2n(n1)CCCO2. The molecule has 8 heteroatoms. The minimum Gasteiger partial charge on any atom is -0.478 e. The number of nitrogens with one attached hydrogen (secondary N) is 1. The fraction of sp³-hybridized carbons (Fsp3) is 0.500. The molecule has 1 aliphatic carbocycles. The molecule has 7 nitrogen and oxygen atoms in total. The van der Waals surface area contributed by atoms with E-state index >= 15 is 0 Å². The van der Waals surface area contributed by atoms with Gasteiger partial charge in [0.1, 0.15) is 6.10 Å². The molecule has 1 N–H and O–H groups in total. The van der Waals surface area contributed by atoms with E-state index in [-0.39, 0.29) is 18.1 Å². The number of ether oxygens (including phenoxy) is 2. The Morgan fingerprint density at radius 3 is 2.88 bits per heavy atom. The Morgan fingerprint density at radius 1 is 1.31 bits per heavy atom. The third-order valence-corrected chi connectivity index (χ3v) is 4.96. The van der Waals surface area contributed by atoms with E-state index in [2.05, 4.69) is 15.4 Å². The summed E-state index contributed by atoms with van der Waals surface area (Å²) in [6.45, 7) is 1.48. The van der Waals surface area contributed by atoms with Crippen LogP contribution in [-0.2, 0) is 6.54 Å². The van der Waals surface area contributed by atoms with E-state index in [1.165, 1.54) is 0 Å². The number of carbonyl (C=O) groups is 1. The molecule has 4 rings (SSSR count). The van der Waals surface area contributed by atoms with Crippen LogP contribution in [0.1, 0.15) is 42.6 Å². The maximum atomic E-state index is 12.4. The summed E-state index contributed by atoms with van der Waals surface area (Å²) in [5.74, 6) is 1.12. The van der Waals surface area contributed by atoms with Crippen LogP contribution in [0.5, 0.6) is 11.8 Å². The largest absolute Gasteiger partial charge is 0.478 e. The Bertz CT molecular complexity index is 746. The highest BCUT2D eigenvalue weighted by molar-refractivity contribution is 6.30. The summed E-state index contributed by atoms with van der Waals surface area (Å²) in [6, 6.07) is 5.40. The van der Waals surface area contributed by atoms with Crippen molar-refractivity contribution in [3.05, 3.63) is 35.1 Å². The van der Waals surface area contributed by atoms with E-state index in [0.717, 1.165) is 38.6 Å². The van der Waals surface area contributed by atoms with Crippen LogP contribution in [-0.4, -0.2) is 39.4 Å². The lowest BCUT2D eigenvalue weighted by molar-refractivity contribution is 0.0884. The minimum absolute atomic E-state index is 0.116. The third kappa shape index (κ3) is 3.93. The first-order valence-corrected chi connectivity index (χ1v) is 9.35. The third-order valence-electron chi connectivity index (χ3n) is 4.74. The van der Waals surface area contributed by atoms with Gasteiger partial charge in [0.2, 0.25) is 11.8 Å². The number of halogens is 1. The molecule has 1 amide bonds. The normalized spacial score (nSPS) is 22.2. The van der Waals surface area contributed by atoms with Crippen LogP contribution in [0.4, 0.5) is 0 Å². The van der Waals surface area contributed by atoms with Crippen molar-refractivity contribution in [2.75, 3.05) is 6.61 Å². The molecule has 0 atom stereocenters. The van der Waals surface area contributed by atoms with Crippen LogP contribution in [0.2, 0.25) is 5.02 Å². The quantitative estimate of drug-likeness (QED) is 0.887. The average molecular weight is 377 g/mol. The number of rotatable bonds is 4. The second-order valence-corrected chi connectivity index (χ2v) is 7.11. The fourth-order valence-electron chi connectivity index (χ4n) is 3.37. The summed E-state index contributed by atoms with van der Waals surface area (Å²) in [5, 5.41) is 8.00. The number of hydrogen-bond donors (Lipinski definition) is 1. The van der Waals surface area contributed by atoms with Crippen molar-refractivity contribution in [2.24, 2.45) is 0 Å². The van der Waals surface area contributed by atoms with Crippen LogP contribution in [0, 0.1) is 0 Å². The highest BCUT2D eigenvalue weighted by Crippen LogP contribution is 2.24. The summed E-state index contributed by atoms with van der Waals surface area (Å²) < 4.78 is 13.2. The molecular formula is C18H21ClN4O3. The van der Waals surface area contributed by atoms with Crippen molar-refractivity contribution in [3.8, 4) is 11.8 Å². The molecule has 0 saturated heterocycles. The molecule has 2 aliphatic rings. The molecule has 1 saturated carbocycles. The highest BCUT2D eigenvalue weighted by atomic mass is 35.5. The van der Waals surface area contributed by atoms with Gasteiger partial charge in [0.25, 0.3) is 5.91 Å². The van der Waals surface area contributed by atoms with E-state index < -0.39 is 0 Å². The second-order valence-electron chi connectivity index (χ2n) is 6.67. The van der Waals surface area contributed by atoms with Gasteiger partial charge in [0.15, 0.2) is 5.69 Å². The number of fused-ring (bicyclic) bond motifs is 1. The predicted octanol–water partition coefficient (Wildman–Crippen LogP) is 2.83. The molecule has 0 bridgehead atoms. The Kier molecular flexibility index (Phi) is 4.97. The van der Waals surface area contributed by atoms with E-state index in [1.54, 1.807) is 29.1 Å². The molecule has 0 radical (unpaired) electrons. The van der Waals surface area contributed by atoms with Crippen LogP contribution in [0.25, 0.3) is 0 Å². The maximum Gasteiger partial charge on any atom is 0.272 e. The Hall–Kier alpha value is -2.28. The standard InChI is InChI=1S/C18H21ClN4O3/c19-12-2-7-16(20-11-12)26-14-5-3-13(4-6-14)21-18(24)15-10-17-23(22-15)8-1-9-25-17/h2,7,10-11,13-14H,1,3-6,8-9H2,(H,21,24). The summed E-state index contributed by atoms with van der Waals surface area (Å²) in [7, 11) is 0. The minimum atomic E-state index is -0.140. The monoisotopic (exact) mass is 376 g/mol. The van der Waals surface area contributed by atoms with Gasteiger partial charge in [0, 0.05) is 37.3 Å². The number of pyridine rings is 1. The van der Waals surface area contributed by atoms with E-state index in [0.29, 0.717) is 29.1 Å². The molecule has 138 valence electrons. The smallest absolute Gasteiger partial charge is 0.272 e. The number of aryl methyl sites for hydroxylation is 1. The molecule has 2 aromatic heterocycles. The van der Waals surface area contributed by atoms with E-state index in [4.69, 9.17) is 21.1 Å². The van der Waals surface area contributed by atoms with Gasteiger partial charge in [-0.2, -0.15) is 5.10 Å². The first kappa shape index (κ1) is 17.1. The first-order valence-electron chi connectivity index (χ1n) is 8.97. The molecule has 26 heavy (non-hydrogen) atoms. The Morgan fingerprint density at radius 2 is 2.15 bits per heavy atom. The summed E-state index contributed by atoms with van der Waals surface area (Å²) >= 11 is 5.83. The predicted molar refractivity (Wildman–Crippen MR) is 95.7 cm³/mol. The lowest BCUT2D eigenvalue weighted by Gasteiger charge is -2.29. The Labute approximate surface area is 156 Å². The van der Waals surface area contributed by atoms with Gasteiger partial charge >= 0.3 is 0 Å². The van der Waals surface area contributed by atoms with Crippen LogP contribution in [0.3, 0.4) is 0 Å².